The van der Waals surface area contributed by atoms with Gasteiger partial charge in [-0.15, -0.1) is 11.8 Å². The first-order valence-electron chi connectivity index (χ1n) is 4.56. The molecule has 1 aliphatic heterocycles. The first kappa shape index (κ1) is 9.18. The first-order valence-corrected chi connectivity index (χ1v) is 5.55. The van der Waals surface area contributed by atoms with Crippen LogP contribution in [0.5, 0.6) is 0 Å². The fraction of sp³-hybridized carbons (Fsp3) is 0.800. The molecule has 0 nitrogen and oxygen atoms in total. The second-order valence-electron chi connectivity index (χ2n) is 3.47. The van der Waals surface area contributed by atoms with Gasteiger partial charge in [-0.3, -0.25) is 0 Å². The van der Waals surface area contributed by atoms with Crippen LogP contribution in [0.25, 0.3) is 0 Å². The molecule has 1 heterocycles. The molecular weight excluding hydrogens is 152 g/mol. The van der Waals surface area contributed by atoms with E-state index in [1.807, 2.05) is 0 Å². The minimum absolute atomic E-state index is 0.487. The third kappa shape index (κ3) is 1.81. The molecule has 0 aromatic rings. The second kappa shape index (κ2) is 3.66. The van der Waals surface area contributed by atoms with Crippen molar-refractivity contribution in [3.8, 4) is 0 Å². The SMILES string of the molecule is CCC(C)(CC)C1=CCCS1. The van der Waals surface area contributed by atoms with Crippen molar-refractivity contribution in [2.24, 2.45) is 5.41 Å². The van der Waals surface area contributed by atoms with Crippen molar-refractivity contribution in [2.45, 2.75) is 40.0 Å². The maximum atomic E-state index is 2.43. The van der Waals surface area contributed by atoms with Gasteiger partial charge in [0.25, 0.3) is 0 Å². The van der Waals surface area contributed by atoms with Crippen molar-refractivity contribution in [3.05, 3.63) is 11.0 Å². The Morgan fingerprint density at radius 3 is 2.45 bits per heavy atom. The van der Waals surface area contributed by atoms with Crippen molar-refractivity contribution in [2.75, 3.05) is 5.75 Å². The lowest BCUT2D eigenvalue weighted by molar-refractivity contribution is 0.388. The van der Waals surface area contributed by atoms with Gasteiger partial charge in [0.15, 0.2) is 0 Å². The van der Waals surface area contributed by atoms with Crippen LogP contribution in [0, 0.1) is 5.41 Å². The van der Waals surface area contributed by atoms with E-state index in [-0.39, 0.29) is 0 Å². The molecule has 0 aliphatic carbocycles. The van der Waals surface area contributed by atoms with E-state index in [2.05, 4.69) is 38.6 Å². The highest BCUT2D eigenvalue weighted by Gasteiger charge is 2.26. The fourth-order valence-corrected chi connectivity index (χ4v) is 2.77. The van der Waals surface area contributed by atoms with Crippen LogP contribution in [0.4, 0.5) is 0 Å². The van der Waals surface area contributed by atoms with Gasteiger partial charge in [0, 0.05) is 5.75 Å². The summed E-state index contributed by atoms with van der Waals surface area (Å²) in [6.07, 6.45) is 6.28. The van der Waals surface area contributed by atoms with Crippen LogP contribution in [0.1, 0.15) is 40.0 Å². The molecule has 0 aromatic carbocycles. The maximum absolute atomic E-state index is 2.43. The Bertz CT molecular complexity index is 154. The van der Waals surface area contributed by atoms with Crippen molar-refractivity contribution in [1.82, 2.24) is 0 Å². The molecule has 0 saturated heterocycles. The summed E-state index contributed by atoms with van der Waals surface area (Å²) in [5.41, 5.74) is 0.487. The average Bonchev–Trinajstić information content (AvgIpc) is 2.55. The van der Waals surface area contributed by atoms with E-state index in [0.29, 0.717) is 5.41 Å². The van der Waals surface area contributed by atoms with E-state index >= 15 is 0 Å². The van der Waals surface area contributed by atoms with Gasteiger partial charge >= 0.3 is 0 Å². The van der Waals surface area contributed by atoms with Crippen LogP contribution in [-0.2, 0) is 0 Å². The highest BCUT2D eigenvalue weighted by molar-refractivity contribution is 8.03. The van der Waals surface area contributed by atoms with Crippen molar-refractivity contribution < 1.29 is 0 Å². The van der Waals surface area contributed by atoms with E-state index in [1.165, 1.54) is 25.0 Å². The Morgan fingerprint density at radius 2 is 2.09 bits per heavy atom. The molecule has 0 spiro atoms. The molecule has 0 amide bonds. The van der Waals surface area contributed by atoms with Gasteiger partial charge in [-0.2, -0.15) is 0 Å². The molecule has 11 heavy (non-hydrogen) atoms. The Balaban J connectivity index is 2.67. The molecule has 0 aromatic heterocycles. The minimum Gasteiger partial charge on any atom is -0.130 e. The summed E-state index contributed by atoms with van der Waals surface area (Å²) in [4.78, 5) is 1.64. The third-order valence-electron chi connectivity index (χ3n) is 2.86. The van der Waals surface area contributed by atoms with Gasteiger partial charge in [0.1, 0.15) is 0 Å². The molecule has 0 N–H and O–H groups in total. The molecule has 0 saturated carbocycles. The number of thioether (sulfide) groups is 1. The van der Waals surface area contributed by atoms with Gasteiger partial charge in [-0.25, -0.2) is 0 Å². The van der Waals surface area contributed by atoms with E-state index in [9.17, 15) is 0 Å². The van der Waals surface area contributed by atoms with Gasteiger partial charge in [-0.05, 0) is 29.6 Å². The number of hydrogen-bond acceptors (Lipinski definition) is 1. The molecule has 1 aliphatic rings. The van der Waals surface area contributed by atoms with Crippen LogP contribution in [0.15, 0.2) is 11.0 Å². The van der Waals surface area contributed by atoms with E-state index < -0.39 is 0 Å². The van der Waals surface area contributed by atoms with Crippen LogP contribution >= 0.6 is 11.8 Å². The zero-order chi connectivity index (χ0) is 8.32. The Hall–Kier alpha value is 0.0900. The highest BCUT2D eigenvalue weighted by atomic mass is 32.2. The molecule has 1 heteroatoms. The normalized spacial score (nSPS) is 18.6. The lowest BCUT2D eigenvalue weighted by Gasteiger charge is -2.27. The number of hydrogen-bond donors (Lipinski definition) is 0. The number of rotatable bonds is 3. The van der Waals surface area contributed by atoms with Gasteiger partial charge in [-0.1, -0.05) is 26.8 Å². The molecule has 0 unspecified atom stereocenters. The average molecular weight is 170 g/mol. The molecule has 64 valence electrons. The van der Waals surface area contributed by atoms with Crippen LogP contribution in [-0.4, -0.2) is 5.75 Å². The quantitative estimate of drug-likeness (QED) is 0.620. The van der Waals surface area contributed by atoms with Crippen LogP contribution in [0.3, 0.4) is 0 Å². The summed E-state index contributed by atoms with van der Waals surface area (Å²) in [6, 6.07) is 0. The fourth-order valence-electron chi connectivity index (χ4n) is 1.44. The van der Waals surface area contributed by atoms with Crippen molar-refractivity contribution in [1.29, 1.82) is 0 Å². The summed E-state index contributed by atoms with van der Waals surface area (Å²) in [6.45, 7) is 6.98. The number of allylic oxidation sites excluding steroid dienone is 2. The summed E-state index contributed by atoms with van der Waals surface area (Å²) >= 11 is 2.06. The smallest absolute Gasteiger partial charge is 0.00119 e. The Kier molecular flexibility index (Phi) is 3.06. The lowest BCUT2D eigenvalue weighted by atomic mass is 9.84. The zero-order valence-electron chi connectivity index (χ0n) is 7.81. The monoisotopic (exact) mass is 170 g/mol. The molecule has 0 atom stereocenters. The largest absolute Gasteiger partial charge is 0.130 e. The summed E-state index contributed by atoms with van der Waals surface area (Å²) in [5.74, 6) is 1.31. The predicted octanol–water partition coefficient (Wildman–Crippen LogP) is 3.83. The molecular formula is C10H18S. The highest BCUT2D eigenvalue weighted by Crippen LogP contribution is 2.44. The molecule has 0 fully saturated rings. The Labute approximate surface area is 74.5 Å². The van der Waals surface area contributed by atoms with Crippen LogP contribution in [0.2, 0.25) is 0 Å². The third-order valence-corrected chi connectivity index (χ3v) is 4.27. The lowest BCUT2D eigenvalue weighted by Crippen LogP contribution is -2.14. The minimum atomic E-state index is 0.487. The standard InChI is InChI=1S/C10H18S/c1-4-10(3,5-2)9-7-6-8-11-9/h7H,4-6,8H2,1-3H3. The topological polar surface area (TPSA) is 0 Å². The van der Waals surface area contributed by atoms with Crippen LogP contribution < -0.4 is 0 Å². The summed E-state index contributed by atoms with van der Waals surface area (Å²) in [5, 5.41) is 0. The van der Waals surface area contributed by atoms with Crippen molar-refractivity contribution >= 4 is 11.8 Å². The van der Waals surface area contributed by atoms with Gasteiger partial charge in [0.2, 0.25) is 0 Å². The molecule has 0 bridgehead atoms. The van der Waals surface area contributed by atoms with Gasteiger partial charge < -0.3 is 0 Å². The summed E-state index contributed by atoms with van der Waals surface area (Å²) < 4.78 is 0. The maximum Gasteiger partial charge on any atom is 0.00119 e. The predicted molar refractivity (Wildman–Crippen MR) is 53.8 cm³/mol. The zero-order valence-corrected chi connectivity index (χ0v) is 8.63. The summed E-state index contributed by atoms with van der Waals surface area (Å²) in [7, 11) is 0. The van der Waals surface area contributed by atoms with Crippen molar-refractivity contribution in [3.63, 3.8) is 0 Å². The van der Waals surface area contributed by atoms with E-state index in [1.54, 1.807) is 4.91 Å². The van der Waals surface area contributed by atoms with E-state index in [0.717, 1.165) is 0 Å². The van der Waals surface area contributed by atoms with E-state index in [4.69, 9.17) is 0 Å². The molecule has 0 radical (unpaired) electrons. The first-order chi connectivity index (χ1) is 5.23. The van der Waals surface area contributed by atoms with Gasteiger partial charge in [0.05, 0.1) is 0 Å². The second-order valence-corrected chi connectivity index (χ2v) is 4.61. The Morgan fingerprint density at radius 1 is 1.45 bits per heavy atom. The molecule has 1 rings (SSSR count).